The average Bonchev–Trinajstić information content (AvgIpc) is 2.98. The van der Waals surface area contributed by atoms with E-state index in [0.29, 0.717) is 6.54 Å². The highest BCUT2D eigenvalue weighted by Gasteiger charge is 2.44. The summed E-state index contributed by atoms with van der Waals surface area (Å²) in [5.41, 5.74) is 1.57. The number of likely N-dealkylation sites (tertiary alicyclic amines) is 1. The van der Waals surface area contributed by atoms with Crippen molar-refractivity contribution in [2.45, 2.75) is 32.6 Å². The van der Waals surface area contributed by atoms with Crippen LogP contribution >= 0.6 is 0 Å². The second kappa shape index (κ2) is 6.91. The van der Waals surface area contributed by atoms with Crippen LogP contribution in [0.1, 0.15) is 31.7 Å². The number of hydrogen-bond acceptors (Lipinski definition) is 3. The van der Waals surface area contributed by atoms with Gasteiger partial charge in [-0.05, 0) is 50.1 Å². The number of nitrogens with zero attached hydrogens (tertiary/aromatic N) is 2. The summed E-state index contributed by atoms with van der Waals surface area (Å²) in [5, 5.41) is 0. The Morgan fingerprint density at radius 1 is 1.09 bits per heavy atom. The van der Waals surface area contributed by atoms with Crippen LogP contribution < -0.4 is 0 Å². The van der Waals surface area contributed by atoms with Gasteiger partial charge >= 0.3 is 0 Å². The van der Waals surface area contributed by atoms with Crippen LogP contribution in [0.4, 0.5) is 0 Å². The zero-order valence-electron chi connectivity index (χ0n) is 14.1. The van der Waals surface area contributed by atoms with Gasteiger partial charge < -0.3 is 4.90 Å². The van der Waals surface area contributed by atoms with Crippen LogP contribution in [0.3, 0.4) is 0 Å². The van der Waals surface area contributed by atoms with E-state index >= 15 is 0 Å². The molecule has 4 nitrogen and oxygen atoms in total. The van der Waals surface area contributed by atoms with Gasteiger partial charge in [-0.3, -0.25) is 0 Å². The average molecular weight is 337 g/mol. The van der Waals surface area contributed by atoms with Crippen LogP contribution in [0, 0.1) is 5.41 Å². The van der Waals surface area contributed by atoms with E-state index in [2.05, 4.69) is 35.2 Å². The summed E-state index contributed by atoms with van der Waals surface area (Å²) in [6.45, 7) is 6.46. The Balaban J connectivity index is 1.58. The maximum Gasteiger partial charge on any atom is 0.213 e. The zero-order chi connectivity index (χ0) is 16.3. The van der Waals surface area contributed by atoms with Gasteiger partial charge in [0.2, 0.25) is 10.0 Å². The lowest BCUT2D eigenvalue weighted by molar-refractivity contribution is 0.100. The molecule has 0 amide bonds. The first-order valence-electron chi connectivity index (χ1n) is 8.77. The van der Waals surface area contributed by atoms with Crippen molar-refractivity contribution in [3.05, 3.63) is 35.9 Å². The third kappa shape index (κ3) is 3.95. The molecule has 2 aliphatic heterocycles. The highest BCUT2D eigenvalue weighted by atomic mass is 32.2. The second-order valence-corrected chi connectivity index (χ2v) is 9.36. The number of piperidine rings is 1. The molecule has 0 aromatic heterocycles. The largest absolute Gasteiger partial charge is 0.302 e. The Morgan fingerprint density at radius 3 is 2.61 bits per heavy atom. The minimum absolute atomic E-state index is 0.192. The quantitative estimate of drug-likeness (QED) is 0.829. The van der Waals surface area contributed by atoms with E-state index in [4.69, 9.17) is 0 Å². The summed E-state index contributed by atoms with van der Waals surface area (Å²) in [4.78, 5) is 2.54. The predicted octanol–water partition coefficient (Wildman–Crippen LogP) is 2.37. The molecule has 2 aliphatic rings. The Morgan fingerprint density at radius 2 is 1.87 bits per heavy atom. The van der Waals surface area contributed by atoms with E-state index in [9.17, 15) is 8.42 Å². The highest BCUT2D eigenvalue weighted by Crippen LogP contribution is 2.39. The fraction of sp³-hybridized carbons (Fsp3) is 0.667. The number of benzene rings is 1. The van der Waals surface area contributed by atoms with Gasteiger partial charge in [-0.2, -0.15) is 0 Å². The van der Waals surface area contributed by atoms with E-state index in [1.54, 1.807) is 11.2 Å². The molecule has 3 rings (SSSR count). The Bertz CT molecular complexity index is 617. The van der Waals surface area contributed by atoms with Gasteiger partial charge in [-0.1, -0.05) is 30.3 Å². The summed E-state index contributed by atoms with van der Waals surface area (Å²) in [6, 6.07) is 10.6. The molecule has 23 heavy (non-hydrogen) atoms. The molecule has 1 spiro atoms. The van der Waals surface area contributed by atoms with Crippen molar-refractivity contribution in [1.29, 1.82) is 0 Å². The zero-order valence-corrected chi connectivity index (χ0v) is 14.9. The Hall–Kier alpha value is -0.910. The van der Waals surface area contributed by atoms with E-state index in [-0.39, 0.29) is 11.2 Å². The molecule has 1 aromatic carbocycles. The molecular weight excluding hydrogens is 308 g/mol. The third-order valence-corrected chi connectivity index (χ3v) is 7.29. The van der Waals surface area contributed by atoms with Crippen molar-refractivity contribution >= 4 is 10.0 Å². The molecule has 2 heterocycles. The van der Waals surface area contributed by atoms with Crippen LogP contribution in [0.2, 0.25) is 0 Å². The number of rotatable bonds is 5. The van der Waals surface area contributed by atoms with E-state index in [1.165, 1.54) is 18.4 Å². The van der Waals surface area contributed by atoms with E-state index in [1.807, 2.05) is 0 Å². The monoisotopic (exact) mass is 336 g/mol. The Labute approximate surface area is 140 Å². The van der Waals surface area contributed by atoms with Crippen LogP contribution in [0.5, 0.6) is 0 Å². The summed E-state index contributed by atoms with van der Waals surface area (Å²) >= 11 is 0. The Kier molecular flexibility index (Phi) is 5.09. The molecule has 5 heteroatoms. The summed E-state index contributed by atoms with van der Waals surface area (Å²) < 4.78 is 26.0. The number of hydrogen-bond donors (Lipinski definition) is 0. The molecular formula is C18H28N2O2S. The molecule has 0 aliphatic carbocycles. The first kappa shape index (κ1) is 16.9. The van der Waals surface area contributed by atoms with Gasteiger partial charge in [0.25, 0.3) is 0 Å². The normalized spacial score (nSPS) is 26.8. The van der Waals surface area contributed by atoms with Crippen LogP contribution in [-0.2, 0) is 16.4 Å². The second-order valence-electron chi connectivity index (χ2n) is 7.10. The van der Waals surface area contributed by atoms with Gasteiger partial charge in [0.15, 0.2) is 0 Å². The molecule has 1 atom stereocenters. The summed E-state index contributed by atoms with van der Waals surface area (Å²) in [6.07, 6.45) is 4.46. The molecule has 128 valence electrons. The third-order valence-electron chi connectivity index (χ3n) is 5.46. The fourth-order valence-corrected chi connectivity index (χ4v) is 5.29. The van der Waals surface area contributed by atoms with Crippen molar-refractivity contribution < 1.29 is 8.42 Å². The van der Waals surface area contributed by atoms with Crippen molar-refractivity contribution in [2.75, 3.05) is 38.5 Å². The van der Waals surface area contributed by atoms with Gasteiger partial charge in [0.1, 0.15) is 0 Å². The predicted molar refractivity (Wildman–Crippen MR) is 93.9 cm³/mol. The van der Waals surface area contributed by atoms with Crippen molar-refractivity contribution in [1.82, 2.24) is 9.21 Å². The molecule has 2 saturated heterocycles. The van der Waals surface area contributed by atoms with Crippen LogP contribution in [0.25, 0.3) is 0 Å². The molecule has 0 bridgehead atoms. The van der Waals surface area contributed by atoms with Crippen molar-refractivity contribution in [2.24, 2.45) is 5.41 Å². The lowest BCUT2D eigenvalue weighted by Crippen LogP contribution is -2.46. The van der Waals surface area contributed by atoms with Gasteiger partial charge in [-0.15, -0.1) is 0 Å². The minimum atomic E-state index is -3.03. The van der Waals surface area contributed by atoms with E-state index < -0.39 is 10.0 Å². The molecule has 2 fully saturated rings. The number of sulfonamides is 1. The molecule has 1 aromatic rings. The van der Waals surface area contributed by atoms with Gasteiger partial charge in [-0.25, -0.2) is 12.7 Å². The maximum atomic E-state index is 12.1. The fourth-order valence-electron chi connectivity index (χ4n) is 4.08. The molecule has 1 unspecified atom stereocenters. The van der Waals surface area contributed by atoms with Crippen LogP contribution in [0.15, 0.2) is 30.3 Å². The lowest BCUT2D eigenvalue weighted by atomic mass is 9.79. The molecule has 0 N–H and O–H groups in total. The SMILES string of the molecule is CCS(=O)(=O)N1CCC2(CCCN(CCc3ccccc3)C2)C1. The highest BCUT2D eigenvalue weighted by molar-refractivity contribution is 7.89. The molecule has 0 saturated carbocycles. The van der Waals surface area contributed by atoms with Gasteiger partial charge in [0, 0.05) is 26.2 Å². The van der Waals surface area contributed by atoms with Crippen LogP contribution in [-0.4, -0.2) is 56.1 Å². The first-order valence-corrected chi connectivity index (χ1v) is 10.4. The molecule has 0 radical (unpaired) electrons. The van der Waals surface area contributed by atoms with Gasteiger partial charge in [0.05, 0.1) is 5.75 Å². The van der Waals surface area contributed by atoms with E-state index in [0.717, 1.165) is 39.0 Å². The van der Waals surface area contributed by atoms with Crippen molar-refractivity contribution in [3.63, 3.8) is 0 Å². The topological polar surface area (TPSA) is 40.6 Å². The smallest absolute Gasteiger partial charge is 0.213 e. The summed E-state index contributed by atoms with van der Waals surface area (Å²) in [5.74, 6) is 0.223. The minimum Gasteiger partial charge on any atom is -0.302 e. The standard InChI is InChI=1S/C18H28N2O2S/c1-2-23(21,22)20-14-11-18(16-20)10-6-12-19(15-18)13-9-17-7-4-3-5-8-17/h3-5,7-8H,2,6,9-16H2,1H3. The lowest BCUT2D eigenvalue weighted by Gasteiger charge is -2.40. The first-order chi connectivity index (χ1) is 11.0. The van der Waals surface area contributed by atoms with Crippen molar-refractivity contribution in [3.8, 4) is 0 Å². The summed E-state index contributed by atoms with van der Waals surface area (Å²) in [7, 11) is -3.03. The maximum absolute atomic E-state index is 12.1.